The van der Waals surface area contributed by atoms with Gasteiger partial charge in [0.15, 0.2) is 0 Å². The molecule has 1 N–H and O–H groups in total. The van der Waals surface area contributed by atoms with Crippen molar-refractivity contribution in [2.75, 3.05) is 5.75 Å². The van der Waals surface area contributed by atoms with E-state index in [1.165, 1.54) is 0 Å². The van der Waals surface area contributed by atoms with Crippen LogP contribution in [0.4, 0.5) is 0 Å². The van der Waals surface area contributed by atoms with Gasteiger partial charge in [-0.15, -0.1) is 11.3 Å². The molecule has 0 amide bonds. The second-order valence-electron chi connectivity index (χ2n) is 5.05. The van der Waals surface area contributed by atoms with E-state index in [1.54, 1.807) is 17.5 Å². The van der Waals surface area contributed by atoms with Gasteiger partial charge in [0.1, 0.15) is 5.01 Å². The molecule has 0 saturated heterocycles. The Bertz CT molecular complexity index is 887. The van der Waals surface area contributed by atoms with Crippen LogP contribution in [0.5, 0.6) is 0 Å². The smallest absolute Gasteiger partial charge is 0.264 e. The Balaban J connectivity index is 2.04. The van der Waals surface area contributed by atoms with E-state index >= 15 is 0 Å². The summed E-state index contributed by atoms with van der Waals surface area (Å²) >= 11 is 1.57. The van der Waals surface area contributed by atoms with Crippen LogP contribution < -0.4 is 0 Å². The number of benzene rings is 2. The molecule has 0 atom stereocenters. The first-order valence-electron chi connectivity index (χ1n) is 6.90. The lowest BCUT2D eigenvalue weighted by Crippen LogP contribution is -2.05. The molecule has 1 aromatic heterocycles. The zero-order valence-electron chi connectivity index (χ0n) is 11.8. The van der Waals surface area contributed by atoms with Gasteiger partial charge in [0.2, 0.25) is 0 Å². The summed E-state index contributed by atoms with van der Waals surface area (Å²) in [5.41, 5.74) is 2.11. The second-order valence-corrected chi connectivity index (χ2v) is 7.51. The quantitative estimate of drug-likeness (QED) is 0.722. The van der Waals surface area contributed by atoms with E-state index in [4.69, 9.17) is 4.55 Å². The molecule has 3 rings (SSSR count). The number of hydrogen-bond acceptors (Lipinski definition) is 4. The molecule has 0 unspecified atom stereocenters. The average molecular weight is 333 g/mol. The van der Waals surface area contributed by atoms with Gasteiger partial charge in [-0.05, 0) is 29.2 Å². The van der Waals surface area contributed by atoms with Crippen molar-refractivity contribution >= 4 is 32.2 Å². The normalized spacial score (nSPS) is 11.9. The van der Waals surface area contributed by atoms with E-state index in [9.17, 15) is 8.42 Å². The Labute approximate surface area is 133 Å². The Morgan fingerprint density at radius 1 is 1.14 bits per heavy atom. The van der Waals surface area contributed by atoms with Gasteiger partial charge in [0.05, 0.1) is 5.75 Å². The zero-order valence-corrected chi connectivity index (χ0v) is 13.4. The maximum atomic E-state index is 10.9. The van der Waals surface area contributed by atoms with E-state index in [0.717, 1.165) is 26.9 Å². The van der Waals surface area contributed by atoms with E-state index in [0.29, 0.717) is 12.8 Å². The second kappa shape index (κ2) is 6.16. The van der Waals surface area contributed by atoms with Crippen LogP contribution in [0.25, 0.3) is 21.3 Å². The van der Waals surface area contributed by atoms with Crippen LogP contribution in [0.1, 0.15) is 12.0 Å². The number of rotatable bonds is 5. The van der Waals surface area contributed by atoms with Crippen molar-refractivity contribution in [2.24, 2.45) is 0 Å². The number of nitrogens with zero attached hydrogens (tertiary/aromatic N) is 1. The number of aryl methyl sites for hydroxylation is 1. The van der Waals surface area contributed by atoms with Gasteiger partial charge < -0.3 is 0 Å². The fraction of sp³-hybridized carbons (Fsp3) is 0.188. The third-order valence-electron chi connectivity index (χ3n) is 3.51. The minimum Gasteiger partial charge on any atom is -0.286 e. The van der Waals surface area contributed by atoms with Crippen LogP contribution in [0.3, 0.4) is 0 Å². The standard InChI is InChI=1S/C16H15NO3S2/c18-22(19,20)11-3-5-13-8-7-12-4-1-2-6-14(12)15(13)16-17-9-10-21-16/h1-2,4,6-10H,3,5,11H2,(H,18,19,20). The number of aromatic nitrogens is 1. The summed E-state index contributed by atoms with van der Waals surface area (Å²) < 4.78 is 30.7. The topological polar surface area (TPSA) is 67.3 Å². The summed E-state index contributed by atoms with van der Waals surface area (Å²) in [6.07, 6.45) is 2.73. The lowest BCUT2D eigenvalue weighted by Gasteiger charge is -2.11. The highest BCUT2D eigenvalue weighted by atomic mass is 32.2. The van der Waals surface area contributed by atoms with Crippen LogP contribution >= 0.6 is 11.3 Å². The van der Waals surface area contributed by atoms with Gasteiger partial charge in [0, 0.05) is 17.1 Å². The first-order chi connectivity index (χ1) is 10.5. The summed E-state index contributed by atoms with van der Waals surface area (Å²) in [6.45, 7) is 0. The fourth-order valence-corrected chi connectivity index (χ4v) is 3.81. The van der Waals surface area contributed by atoms with E-state index < -0.39 is 10.1 Å². The van der Waals surface area contributed by atoms with Gasteiger partial charge in [-0.25, -0.2) is 4.98 Å². The van der Waals surface area contributed by atoms with Crippen LogP contribution in [-0.2, 0) is 16.5 Å². The lowest BCUT2D eigenvalue weighted by molar-refractivity contribution is 0.481. The Morgan fingerprint density at radius 2 is 1.95 bits per heavy atom. The van der Waals surface area contributed by atoms with E-state index in [1.807, 2.05) is 29.6 Å². The molecule has 0 spiro atoms. The minimum atomic E-state index is -3.92. The zero-order chi connectivity index (χ0) is 15.6. The first-order valence-corrected chi connectivity index (χ1v) is 9.39. The highest BCUT2D eigenvalue weighted by Crippen LogP contribution is 2.34. The number of hydrogen-bond donors (Lipinski definition) is 1. The molecule has 2 aromatic carbocycles. The average Bonchev–Trinajstić information content (AvgIpc) is 2.99. The van der Waals surface area contributed by atoms with Gasteiger partial charge in [-0.3, -0.25) is 4.55 Å². The molecule has 0 aliphatic heterocycles. The Morgan fingerprint density at radius 3 is 2.68 bits per heavy atom. The molecule has 0 bridgehead atoms. The maximum absolute atomic E-state index is 10.9. The van der Waals surface area contributed by atoms with Gasteiger partial charge in [-0.1, -0.05) is 36.4 Å². The molecule has 0 aliphatic rings. The van der Waals surface area contributed by atoms with Crippen LogP contribution in [0, 0.1) is 0 Å². The van der Waals surface area contributed by atoms with E-state index in [2.05, 4.69) is 17.1 Å². The van der Waals surface area contributed by atoms with Crippen LogP contribution in [-0.4, -0.2) is 23.7 Å². The summed E-state index contributed by atoms with van der Waals surface area (Å²) in [4.78, 5) is 4.40. The van der Waals surface area contributed by atoms with Crippen molar-refractivity contribution in [2.45, 2.75) is 12.8 Å². The molecular formula is C16H15NO3S2. The molecule has 1 heterocycles. The monoisotopic (exact) mass is 333 g/mol. The number of thiazole rings is 1. The SMILES string of the molecule is O=S(=O)(O)CCCc1ccc2ccccc2c1-c1nccs1. The highest BCUT2D eigenvalue weighted by Gasteiger charge is 2.13. The molecule has 6 heteroatoms. The first kappa shape index (κ1) is 15.1. The fourth-order valence-electron chi connectivity index (χ4n) is 2.57. The summed E-state index contributed by atoms with van der Waals surface area (Å²) in [5, 5.41) is 5.10. The van der Waals surface area contributed by atoms with Crippen molar-refractivity contribution in [3.05, 3.63) is 53.5 Å². The van der Waals surface area contributed by atoms with Crippen molar-refractivity contribution < 1.29 is 13.0 Å². The molecule has 22 heavy (non-hydrogen) atoms. The highest BCUT2D eigenvalue weighted by molar-refractivity contribution is 7.85. The van der Waals surface area contributed by atoms with E-state index in [-0.39, 0.29) is 5.75 Å². The predicted octanol–water partition coefficient (Wildman–Crippen LogP) is 3.78. The summed E-state index contributed by atoms with van der Waals surface area (Å²) in [6, 6.07) is 12.1. The van der Waals surface area contributed by atoms with Crippen molar-refractivity contribution in [1.29, 1.82) is 0 Å². The molecule has 3 aromatic rings. The van der Waals surface area contributed by atoms with Crippen molar-refractivity contribution in [1.82, 2.24) is 4.98 Å². The summed E-state index contributed by atoms with van der Waals surface area (Å²) in [7, 11) is -3.92. The predicted molar refractivity (Wildman–Crippen MR) is 89.8 cm³/mol. The molecule has 0 fully saturated rings. The number of fused-ring (bicyclic) bond motifs is 1. The third-order valence-corrected chi connectivity index (χ3v) is 5.11. The molecule has 4 nitrogen and oxygen atoms in total. The maximum Gasteiger partial charge on any atom is 0.264 e. The molecule has 0 radical (unpaired) electrons. The van der Waals surface area contributed by atoms with Crippen molar-refractivity contribution in [3.63, 3.8) is 0 Å². The van der Waals surface area contributed by atoms with Crippen LogP contribution in [0.2, 0.25) is 0 Å². The minimum absolute atomic E-state index is 0.225. The van der Waals surface area contributed by atoms with Gasteiger partial charge >= 0.3 is 0 Å². The molecule has 0 saturated carbocycles. The van der Waals surface area contributed by atoms with Crippen LogP contribution in [0.15, 0.2) is 48.0 Å². The van der Waals surface area contributed by atoms with Gasteiger partial charge in [-0.2, -0.15) is 8.42 Å². The largest absolute Gasteiger partial charge is 0.286 e. The van der Waals surface area contributed by atoms with Crippen molar-refractivity contribution in [3.8, 4) is 10.6 Å². The molecule has 0 aliphatic carbocycles. The molecular weight excluding hydrogens is 318 g/mol. The molecule has 114 valence electrons. The summed E-state index contributed by atoms with van der Waals surface area (Å²) in [5.74, 6) is -0.225. The third kappa shape index (κ3) is 3.35. The Hall–Kier alpha value is -1.76. The Kier molecular flexibility index (Phi) is 4.24. The van der Waals surface area contributed by atoms with Gasteiger partial charge in [0.25, 0.3) is 10.1 Å². The lowest BCUT2D eigenvalue weighted by atomic mass is 9.96.